The second-order valence-corrected chi connectivity index (χ2v) is 4.24. The van der Waals surface area contributed by atoms with Gasteiger partial charge in [-0.25, -0.2) is 0 Å². The molecule has 0 saturated carbocycles. The maximum Gasteiger partial charge on any atom is 0.151 e. The summed E-state index contributed by atoms with van der Waals surface area (Å²) in [5, 5.41) is 0. The standard InChI is InChI=1S/C11H15NO/c1-8-9(7-13)5-6-10(12-8)11(2,3)4/h5-7H,1-4H3. The zero-order valence-corrected chi connectivity index (χ0v) is 8.59. The number of aromatic nitrogens is 1. The zero-order valence-electron chi connectivity index (χ0n) is 8.59. The Hall–Kier alpha value is -1.18. The van der Waals surface area contributed by atoms with Crippen LogP contribution in [0.3, 0.4) is 0 Å². The number of rotatable bonds is 1. The van der Waals surface area contributed by atoms with Crippen LogP contribution in [-0.4, -0.2) is 11.3 Å². The van der Waals surface area contributed by atoms with Crippen LogP contribution in [0.4, 0.5) is 0 Å². The second kappa shape index (κ2) is 3.29. The lowest BCUT2D eigenvalue weighted by Crippen LogP contribution is -2.14. The minimum atomic E-state index is 0.0478. The van der Waals surface area contributed by atoms with Crippen molar-refractivity contribution in [2.75, 3.05) is 0 Å². The van der Waals surface area contributed by atoms with Gasteiger partial charge in [-0.2, -0.15) is 0 Å². The van der Waals surface area contributed by atoms with E-state index >= 15 is 0 Å². The van der Waals surface area contributed by atoms with Gasteiger partial charge in [-0.1, -0.05) is 20.8 Å². The molecule has 0 radical (unpaired) electrons. The zero-order chi connectivity index (χ0) is 10.1. The molecular weight excluding hydrogens is 162 g/mol. The van der Waals surface area contributed by atoms with E-state index in [0.717, 1.165) is 17.7 Å². The fourth-order valence-electron chi connectivity index (χ4n) is 1.11. The molecule has 70 valence electrons. The van der Waals surface area contributed by atoms with Gasteiger partial charge in [0.1, 0.15) is 0 Å². The predicted octanol–water partition coefficient (Wildman–Crippen LogP) is 2.50. The van der Waals surface area contributed by atoms with Crippen LogP contribution >= 0.6 is 0 Å². The number of aryl methyl sites for hydroxylation is 1. The lowest BCUT2D eigenvalue weighted by molar-refractivity contribution is 0.112. The van der Waals surface area contributed by atoms with Crippen LogP contribution in [0.15, 0.2) is 12.1 Å². The van der Waals surface area contributed by atoms with Crippen molar-refractivity contribution in [2.45, 2.75) is 33.1 Å². The van der Waals surface area contributed by atoms with Crippen molar-refractivity contribution in [3.8, 4) is 0 Å². The van der Waals surface area contributed by atoms with E-state index in [1.54, 1.807) is 0 Å². The molecule has 13 heavy (non-hydrogen) atoms. The van der Waals surface area contributed by atoms with E-state index in [4.69, 9.17) is 0 Å². The molecule has 0 spiro atoms. The molecule has 0 saturated heterocycles. The molecule has 0 amide bonds. The number of carbonyl (C=O) groups excluding carboxylic acids is 1. The van der Waals surface area contributed by atoms with Crippen LogP contribution in [0, 0.1) is 6.92 Å². The summed E-state index contributed by atoms with van der Waals surface area (Å²) in [6, 6.07) is 3.74. The van der Waals surface area contributed by atoms with Gasteiger partial charge in [0.2, 0.25) is 0 Å². The average Bonchev–Trinajstić information content (AvgIpc) is 2.02. The molecule has 0 bridgehead atoms. The van der Waals surface area contributed by atoms with Crippen molar-refractivity contribution in [3.05, 3.63) is 29.1 Å². The van der Waals surface area contributed by atoms with Crippen LogP contribution in [0.2, 0.25) is 0 Å². The Kier molecular flexibility index (Phi) is 2.50. The fraction of sp³-hybridized carbons (Fsp3) is 0.455. The van der Waals surface area contributed by atoms with Crippen LogP contribution in [0.1, 0.15) is 42.5 Å². The number of nitrogens with zero attached hydrogens (tertiary/aromatic N) is 1. The molecule has 1 aromatic heterocycles. The Labute approximate surface area is 79.0 Å². The van der Waals surface area contributed by atoms with Crippen LogP contribution in [-0.2, 0) is 5.41 Å². The molecular formula is C11H15NO. The lowest BCUT2D eigenvalue weighted by Gasteiger charge is -2.18. The molecule has 0 fully saturated rings. The fourth-order valence-corrected chi connectivity index (χ4v) is 1.11. The summed E-state index contributed by atoms with van der Waals surface area (Å²) in [5.41, 5.74) is 2.55. The van der Waals surface area contributed by atoms with E-state index in [2.05, 4.69) is 25.8 Å². The molecule has 0 unspecified atom stereocenters. The van der Waals surface area contributed by atoms with E-state index in [0.29, 0.717) is 5.56 Å². The molecule has 0 aliphatic carbocycles. The SMILES string of the molecule is Cc1nc(C(C)(C)C)ccc1C=O. The normalized spacial score (nSPS) is 11.4. The third-order valence-corrected chi connectivity index (χ3v) is 2.02. The summed E-state index contributed by atoms with van der Waals surface area (Å²) in [4.78, 5) is 14.9. The largest absolute Gasteiger partial charge is 0.298 e. The van der Waals surface area contributed by atoms with Crippen molar-refractivity contribution in [2.24, 2.45) is 0 Å². The predicted molar refractivity (Wildman–Crippen MR) is 53.1 cm³/mol. The van der Waals surface area contributed by atoms with E-state index < -0.39 is 0 Å². The quantitative estimate of drug-likeness (QED) is 0.617. The van der Waals surface area contributed by atoms with Gasteiger partial charge < -0.3 is 0 Å². The smallest absolute Gasteiger partial charge is 0.151 e. The highest BCUT2D eigenvalue weighted by Gasteiger charge is 2.15. The first-order valence-electron chi connectivity index (χ1n) is 4.38. The van der Waals surface area contributed by atoms with E-state index in [9.17, 15) is 4.79 Å². The lowest BCUT2D eigenvalue weighted by atomic mass is 9.91. The molecule has 1 aromatic rings. The third kappa shape index (κ3) is 2.14. The molecule has 0 aliphatic heterocycles. The summed E-state index contributed by atoms with van der Waals surface area (Å²) in [6.07, 6.45) is 0.842. The summed E-state index contributed by atoms with van der Waals surface area (Å²) in [5.74, 6) is 0. The minimum absolute atomic E-state index is 0.0478. The maximum atomic E-state index is 10.5. The molecule has 2 nitrogen and oxygen atoms in total. The van der Waals surface area contributed by atoms with Crippen molar-refractivity contribution >= 4 is 6.29 Å². The minimum Gasteiger partial charge on any atom is -0.298 e. The Morgan fingerprint density at radius 1 is 1.31 bits per heavy atom. The number of hydrogen-bond donors (Lipinski definition) is 0. The highest BCUT2D eigenvalue weighted by atomic mass is 16.1. The van der Waals surface area contributed by atoms with E-state index in [-0.39, 0.29) is 5.41 Å². The number of pyridine rings is 1. The van der Waals surface area contributed by atoms with Crippen molar-refractivity contribution in [1.82, 2.24) is 4.98 Å². The summed E-state index contributed by atoms with van der Waals surface area (Å²) >= 11 is 0. The van der Waals surface area contributed by atoms with E-state index in [1.807, 2.05) is 19.1 Å². The molecule has 2 heteroatoms. The van der Waals surface area contributed by atoms with Gasteiger partial charge >= 0.3 is 0 Å². The van der Waals surface area contributed by atoms with Crippen LogP contribution in [0.5, 0.6) is 0 Å². The first-order valence-corrected chi connectivity index (χ1v) is 4.38. The Morgan fingerprint density at radius 2 is 1.92 bits per heavy atom. The van der Waals surface area contributed by atoms with Crippen molar-refractivity contribution < 1.29 is 4.79 Å². The molecule has 1 rings (SSSR count). The van der Waals surface area contributed by atoms with Crippen molar-refractivity contribution in [3.63, 3.8) is 0 Å². The van der Waals surface area contributed by atoms with Gasteiger partial charge in [0.15, 0.2) is 6.29 Å². The molecule has 1 heterocycles. The van der Waals surface area contributed by atoms with Gasteiger partial charge in [-0.3, -0.25) is 9.78 Å². The van der Waals surface area contributed by atoms with Gasteiger partial charge in [0.05, 0.1) is 0 Å². The maximum absolute atomic E-state index is 10.5. The summed E-state index contributed by atoms with van der Waals surface area (Å²) in [7, 11) is 0. The highest BCUT2D eigenvalue weighted by Crippen LogP contribution is 2.20. The monoisotopic (exact) mass is 177 g/mol. The summed E-state index contributed by atoms with van der Waals surface area (Å²) < 4.78 is 0. The highest BCUT2D eigenvalue weighted by molar-refractivity contribution is 5.76. The molecule has 0 atom stereocenters. The first kappa shape index (κ1) is 9.90. The van der Waals surface area contributed by atoms with Crippen molar-refractivity contribution in [1.29, 1.82) is 0 Å². The molecule has 0 aromatic carbocycles. The number of hydrogen-bond acceptors (Lipinski definition) is 2. The Morgan fingerprint density at radius 3 is 2.31 bits per heavy atom. The van der Waals surface area contributed by atoms with Gasteiger partial charge in [0.25, 0.3) is 0 Å². The Balaban J connectivity index is 3.17. The number of carbonyl (C=O) groups is 1. The molecule has 0 aliphatic rings. The first-order chi connectivity index (χ1) is 5.95. The Bertz CT molecular complexity index is 323. The van der Waals surface area contributed by atoms with Crippen LogP contribution in [0.25, 0.3) is 0 Å². The summed E-state index contributed by atoms with van der Waals surface area (Å²) in [6.45, 7) is 8.18. The van der Waals surface area contributed by atoms with Gasteiger partial charge in [-0.15, -0.1) is 0 Å². The third-order valence-electron chi connectivity index (χ3n) is 2.02. The van der Waals surface area contributed by atoms with Crippen LogP contribution < -0.4 is 0 Å². The van der Waals surface area contributed by atoms with E-state index in [1.165, 1.54) is 0 Å². The molecule has 0 N–H and O–H groups in total. The second-order valence-electron chi connectivity index (χ2n) is 4.24. The average molecular weight is 177 g/mol. The van der Waals surface area contributed by atoms with Gasteiger partial charge in [0, 0.05) is 22.4 Å². The van der Waals surface area contributed by atoms with Gasteiger partial charge in [-0.05, 0) is 19.1 Å². The number of aldehydes is 1. The topological polar surface area (TPSA) is 30.0 Å².